The van der Waals surface area contributed by atoms with Gasteiger partial charge in [0.2, 0.25) is 0 Å². The van der Waals surface area contributed by atoms with Crippen LogP contribution in [0, 0.1) is 11.8 Å². The monoisotopic (exact) mass is 795 g/mol. The van der Waals surface area contributed by atoms with Crippen molar-refractivity contribution in [2.75, 3.05) is 24.9 Å². The van der Waals surface area contributed by atoms with E-state index in [1.807, 2.05) is 42.7 Å². The van der Waals surface area contributed by atoms with E-state index in [4.69, 9.17) is 29.9 Å². The van der Waals surface area contributed by atoms with Crippen molar-refractivity contribution in [2.24, 2.45) is 11.8 Å². The van der Waals surface area contributed by atoms with Gasteiger partial charge in [0.1, 0.15) is 17.1 Å². The Morgan fingerprint density at radius 2 is 0.949 bits per heavy atom. The number of anilines is 1. The number of aromatic nitrogens is 4. The number of nitrogens with zero attached hydrogens (tertiary/aromatic N) is 4. The minimum atomic E-state index is -0.908. The van der Waals surface area contributed by atoms with E-state index in [9.17, 15) is 0 Å². The highest BCUT2D eigenvalue weighted by molar-refractivity contribution is 7.80. The van der Waals surface area contributed by atoms with E-state index < -0.39 is 11.2 Å². The number of hydrogen-bond acceptors (Lipinski definition) is 8. The van der Waals surface area contributed by atoms with Crippen LogP contribution in [0.3, 0.4) is 0 Å². The fourth-order valence-electron chi connectivity index (χ4n) is 8.81. The molecule has 1 aliphatic rings. The van der Waals surface area contributed by atoms with Crippen molar-refractivity contribution in [3.8, 4) is 6.01 Å². The van der Waals surface area contributed by atoms with Gasteiger partial charge in [0, 0.05) is 12.0 Å². The molecule has 1 aliphatic carbocycles. The van der Waals surface area contributed by atoms with Crippen molar-refractivity contribution in [3.05, 3.63) is 222 Å². The summed E-state index contributed by atoms with van der Waals surface area (Å²) >= 11 is 4.24. The van der Waals surface area contributed by atoms with Gasteiger partial charge in [-0.1, -0.05) is 182 Å². The maximum absolute atomic E-state index is 7.55. The molecular weight excluding hydrogens is 751 g/mol. The average Bonchev–Trinajstić information content (AvgIpc) is 3.72. The summed E-state index contributed by atoms with van der Waals surface area (Å²) in [5.74, 6) is 0.422. The summed E-state index contributed by atoms with van der Waals surface area (Å²) in [5.41, 5.74) is 12.1. The quantitative estimate of drug-likeness (QED) is 0.0606. The van der Waals surface area contributed by atoms with Gasteiger partial charge < -0.3 is 24.5 Å². The van der Waals surface area contributed by atoms with Crippen LogP contribution in [0.4, 0.5) is 5.82 Å². The third kappa shape index (κ3) is 7.16. The lowest BCUT2D eigenvalue weighted by Crippen LogP contribution is -2.47. The zero-order valence-electron chi connectivity index (χ0n) is 32.5. The van der Waals surface area contributed by atoms with E-state index in [1.165, 1.54) is 0 Å². The van der Waals surface area contributed by atoms with Crippen LogP contribution in [0.25, 0.3) is 11.2 Å². The molecule has 2 aromatic heterocycles. The second kappa shape index (κ2) is 16.9. The van der Waals surface area contributed by atoms with Crippen LogP contribution in [-0.4, -0.2) is 38.7 Å². The van der Waals surface area contributed by atoms with E-state index in [1.54, 1.807) is 0 Å². The Hall–Kier alpha value is -6.26. The second-order valence-electron chi connectivity index (χ2n) is 14.9. The van der Waals surface area contributed by atoms with E-state index in [0.717, 1.165) is 39.8 Å². The molecular formula is C50H45N5O3S. The number of benzene rings is 6. The van der Waals surface area contributed by atoms with Gasteiger partial charge in [0.25, 0.3) is 0 Å². The van der Waals surface area contributed by atoms with Crippen LogP contribution in [-0.2, 0) is 20.7 Å². The molecule has 59 heavy (non-hydrogen) atoms. The molecule has 9 heteroatoms. The summed E-state index contributed by atoms with van der Waals surface area (Å²) in [6, 6.07) is 63.1. The molecule has 0 amide bonds. The first-order valence-corrected chi connectivity index (χ1v) is 20.6. The van der Waals surface area contributed by atoms with Crippen LogP contribution >= 0.6 is 12.6 Å². The molecule has 0 saturated heterocycles. The maximum atomic E-state index is 7.55. The minimum absolute atomic E-state index is 0.0339. The largest absolute Gasteiger partial charge is 0.453 e. The lowest BCUT2D eigenvalue weighted by atomic mass is 9.69. The third-order valence-corrected chi connectivity index (χ3v) is 11.8. The summed E-state index contributed by atoms with van der Waals surface area (Å²) in [5, 5.41) is 0. The summed E-state index contributed by atoms with van der Waals surface area (Å²) < 4.78 is 22.8. The molecule has 8 aromatic rings. The van der Waals surface area contributed by atoms with Crippen molar-refractivity contribution in [3.63, 3.8) is 0 Å². The standard InChI is InChI=1S/C50H45N5O3S/c51-46-45-47(54-48(53-46)56-35-59)55(34-52-45)44-31-36(32-57-49(37-19-7-1-8-20-37,38-21-9-2-10-22-38)39-23-11-3-12-24-39)43(44)33-58-50(40-25-13-4-14-26-40,41-27-15-5-16-28-41)42-29-17-6-18-30-42/h1-30,34,36,43-44,59H,31-33,35H2,(H2,51,53,54). The molecule has 8 nitrogen and oxygen atoms in total. The van der Waals surface area contributed by atoms with Crippen LogP contribution < -0.4 is 10.5 Å². The van der Waals surface area contributed by atoms with Crippen LogP contribution in [0.1, 0.15) is 45.8 Å². The molecule has 0 radical (unpaired) electrons. The molecule has 0 bridgehead atoms. The molecule has 6 aromatic carbocycles. The summed E-state index contributed by atoms with van der Waals surface area (Å²) in [6.45, 7) is 0.850. The number of ether oxygens (including phenoxy) is 3. The number of thiol groups is 1. The number of imidazole rings is 1. The average molecular weight is 796 g/mol. The number of fused-ring (bicyclic) bond motifs is 1. The molecule has 0 aliphatic heterocycles. The van der Waals surface area contributed by atoms with E-state index in [0.29, 0.717) is 24.4 Å². The van der Waals surface area contributed by atoms with Crippen molar-refractivity contribution < 1.29 is 14.2 Å². The van der Waals surface area contributed by atoms with Crippen molar-refractivity contribution in [2.45, 2.75) is 23.7 Å². The summed E-state index contributed by atoms with van der Waals surface area (Å²) in [6.07, 6.45) is 2.60. The Kier molecular flexibility index (Phi) is 11.0. The molecule has 1 fully saturated rings. The second-order valence-corrected chi connectivity index (χ2v) is 15.2. The highest BCUT2D eigenvalue weighted by Crippen LogP contribution is 2.50. The first kappa shape index (κ1) is 38.3. The lowest BCUT2D eigenvalue weighted by molar-refractivity contribution is -0.104. The number of rotatable bonds is 15. The maximum Gasteiger partial charge on any atom is 0.321 e. The third-order valence-electron chi connectivity index (χ3n) is 11.7. The fraction of sp³-hybridized carbons (Fsp3) is 0.180. The smallest absolute Gasteiger partial charge is 0.321 e. The SMILES string of the molecule is Nc1nc(OCS)nc2c1ncn2C1CC(COC(c2ccccc2)(c2ccccc2)c2ccccc2)C1COC(c1ccccc1)(c1ccccc1)c1ccccc1. The Balaban J connectivity index is 1.15. The molecule has 0 spiro atoms. The van der Waals surface area contributed by atoms with E-state index in [-0.39, 0.29) is 35.6 Å². The van der Waals surface area contributed by atoms with Gasteiger partial charge in [0.15, 0.2) is 17.0 Å². The Morgan fingerprint density at radius 1 is 0.559 bits per heavy atom. The van der Waals surface area contributed by atoms with Gasteiger partial charge in [-0.05, 0) is 45.7 Å². The molecule has 2 N–H and O–H groups in total. The minimum Gasteiger partial charge on any atom is -0.453 e. The topological polar surface area (TPSA) is 97.3 Å². The van der Waals surface area contributed by atoms with Gasteiger partial charge in [-0.25, -0.2) is 4.98 Å². The number of hydrogen-bond donors (Lipinski definition) is 2. The summed E-state index contributed by atoms with van der Waals surface area (Å²) in [7, 11) is 0. The first-order chi connectivity index (χ1) is 29.1. The van der Waals surface area contributed by atoms with Gasteiger partial charge in [-0.3, -0.25) is 0 Å². The number of nitrogens with two attached hydrogens (primary N) is 1. The highest BCUT2D eigenvalue weighted by Gasteiger charge is 2.48. The van der Waals surface area contributed by atoms with Crippen LogP contribution in [0.15, 0.2) is 188 Å². The van der Waals surface area contributed by atoms with E-state index >= 15 is 0 Å². The normalized spacial score (nSPS) is 16.7. The molecule has 294 valence electrons. The molecule has 3 atom stereocenters. The van der Waals surface area contributed by atoms with Gasteiger partial charge in [-0.15, -0.1) is 12.6 Å². The zero-order chi connectivity index (χ0) is 40.1. The van der Waals surface area contributed by atoms with Gasteiger partial charge in [-0.2, -0.15) is 9.97 Å². The first-order valence-electron chi connectivity index (χ1n) is 20.0. The highest BCUT2D eigenvalue weighted by atomic mass is 32.1. The molecule has 1 saturated carbocycles. The predicted octanol–water partition coefficient (Wildman–Crippen LogP) is 9.87. The molecule has 9 rings (SSSR count). The van der Waals surface area contributed by atoms with Crippen molar-refractivity contribution in [1.29, 1.82) is 0 Å². The Labute approximate surface area is 350 Å². The lowest BCUT2D eigenvalue weighted by Gasteiger charge is -2.48. The Bertz CT molecular complexity index is 2390. The van der Waals surface area contributed by atoms with Crippen LogP contribution in [0.5, 0.6) is 6.01 Å². The summed E-state index contributed by atoms with van der Waals surface area (Å²) in [4.78, 5) is 13.8. The number of nitrogen functional groups attached to an aromatic ring is 1. The molecule has 2 heterocycles. The fourth-order valence-corrected chi connectivity index (χ4v) is 8.93. The van der Waals surface area contributed by atoms with Crippen molar-refractivity contribution in [1.82, 2.24) is 19.5 Å². The zero-order valence-corrected chi connectivity index (χ0v) is 33.4. The Morgan fingerprint density at radius 3 is 1.34 bits per heavy atom. The predicted molar refractivity (Wildman–Crippen MR) is 235 cm³/mol. The van der Waals surface area contributed by atoms with E-state index in [2.05, 4.69) is 168 Å². The van der Waals surface area contributed by atoms with Crippen molar-refractivity contribution >= 4 is 29.6 Å². The van der Waals surface area contributed by atoms with Crippen LogP contribution in [0.2, 0.25) is 0 Å². The van der Waals surface area contributed by atoms with Gasteiger partial charge >= 0.3 is 6.01 Å². The molecule has 3 unspecified atom stereocenters. The van der Waals surface area contributed by atoms with Gasteiger partial charge in [0.05, 0.1) is 19.5 Å².